The van der Waals surface area contributed by atoms with Crippen molar-refractivity contribution in [3.05, 3.63) is 0 Å². The molecule has 0 bridgehead atoms. The van der Waals surface area contributed by atoms with Crippen LogP contribution in [-0.4, -0.2) is 61.0 Å². The Kier molecular flexibility index (Phi) is 5.01. The second-order valence-electron chi connectivity index (χ2n) is 5.95. The van der Waals surface area contributed by atoms with Gasteiger partial charge in [0.1, 0.15) is 0 Å². The first-order valence-electron chi connectivity index (χ1n) is 7.36. The Morgan fingerprint density at radius 3 is 2.72 bits per heavy atom. The number of rotatable bonds is 5. The van der Waals surface area contributed by atoms with Crippen molar-refractivity contribution in [2.75, 3.05) is 39.3 Å². The van der Waals surface area contributed by atoms with Gasteiger partial charge < -0.3 is 15.1 Å². The molecule has 0 aromatic carbocycles. The van der Waals surface area contributed by atoms with Crippen LogP contribution in [0.2, 0.25) is 0 Å². The normalized spacial score (nSPS) is 23.8. The van der Waals surface area contributed by atoms with Crippen LogP contribution in [0, 0.1) is 5.92 Å². The molecule has 0 radical (unpaired) electrons. The fraction of sp³-hybridized carbons (Fsp3) is 0.929. The summed E-state index contributed by atoms with van der Waals surface area (Å²) >= 11 is 0. The van der Waals surface area contributed by atoms with E-state index in [4.69, 9.17) is 0 Å². The topological polar surface area (TPSA) is 35.6 Å². The van der Waals surface area contributed by atoms with Crippen LogP contribution >= 0.6 is 0 Å². The second-order valence-corrected chi connectivity index (χ2v) is 5.95. The Morgan fingerprint density at radius 2 is 2.06 bits per heavy atom. The molecular formula is C14H27N3O. The van der Waals surface area contributed by atoms with Crippen molar-refractivity contribution in [2.45, 2.75) is 39.2 Å². The molecule has 1 heterocycles. The summed E-state index contributed by atoms with van der Waals surface area (Å²) in [6, 6.07) is 0.810. The summed E-state index contributed by atoms with van der Waals surface area (Å²) in [7, 11) is 0. The number of carbonyl (C=O) groups is 1. The van der Waals surface area contributed by atoms with Crippen molar-refractivity contribution in [1.82, 2.24) is 15.1 Å². The Morgan fingerprint density at radius 1 is 1.28 bits per heavy atom. The maximum atomic E-state index is 11.4. The zero-order chi connectivity index (χ0) is 13.0. The molecule has 1 aliphatic heterocycles. The monoisotopic (exact) mass is 253 g/mol. The quantitative estimate of drug-likeness (QED) is 0.792. The van der Waals surface area contributed by atoms with Gasteiger partial charge in [-0.05, 0) is 38.3 Å². The number of carbonyl (C=O) groups excluding carboxylic acids is 1. The van der Waals surface area contributed by atoms with Crippen LogP contribution in [0.15, 0.2) is 0 Å². The molecule has 1 saturated carbocycles. The van der Waals surface area contributed by atoms with E-state index in [1.165, 1.54) is 12.8 Å². The number of hydrogen-bond acceptors (Lipinski definition) is 3. The molecule has 1 unspecified atom stereocenters. The Labute approximate surface area is 111 Å². The van der Waals surface area contributed by atoms with Crippen molar-refractivity contribution in [3.8, 4) is 0 Å². The van der Waals surface area contributed by atoms with Gasteiger partial charge in [-0.3, -0.25) is 4.79 Å². The Hall–Kier alpha value is -0.610. The van der Waals surface area contributed by atoms with Gasteiger partial charge in [0.25, 0.3) is 0 Å². The highest BCUT2D eigenvalue weighted by Crippen LogP contribution is 2.18. The number of amides is 1. The molecule has 2 aliphatic rings. The van der Waals surface area contributed by atoms with Gasteiger partial charge in [0.05, 0.1) is 0 Å². The van der Waals surface area contributed by atoms with Crippen LogP contribution in [-0.2, 0) is 4.79 Å². The minimum Gasteiger partial charge on any atom is -0.342 e. The van der Waals surface area contributed by atoms with E-state index in [0.717, 1.165) is 51.7 Å². The first kappa shape index (κ1) is 13.8. The average molecular weight is 253 g/mol. The standard InChI is InChI=1S/C14H27N3O/c1-12(10-15-14-4-5-14)11-16-6-3-7-17(9-8-16)13(2)18/h12,14-15H,3-11H2,1-2H3. The highest BCUT2D eigenvalue weighted by Gasteiger charge is 2.22. The molecule has 1 amide bonds. The van der Waals surface area contributed by atoms with Crippen LogP contribution < -0.4 is 5.32 Å². The van der Waals surface area contributed by atoms with Gasteiger partial charge in [-0.15, -0.1) is 0 Å². The van der Waals surface area contributed by atoms with Gasteiger partial charge in [-0.25, -0.2) is 0 Å². The van der Waals surface area contributed by atoms with Gasteiger partial charge in [-0.2, -0.15) is 0 Å². The van der Waals surface area contributed by atoms with Crippen LogP contribution in [0.1, 0.15) is 33.1 Å². The highest BCUT2D eigenvalue weighted by atomic mass is 16.2. The van der Waals surface area contributed by atoms with E-state index in [0.29, 0.717) is 5.92 Å². The molecule has 1 atom stereocenters. The molecule has 0 aromatic rings. The molecule has 2 rings (SSSR count). The number of hydrogen-bond donors (Lipinski definition) is 1. The third-order valence-corrected chi connectivity index (χ3v) is 3.94. The van der Waals surface area contributed by atoms with Crippen molar-refractivity contribution < 1.29 is 4.79 Å². The molecule has 1 saturated heterocycles. The lowest BCUT2D eigenvalue weighted by molar-refractivity contribution is -0.128. The lowest BCUT2D eigenvalue weighted by Crippen LogP contribution is -2.37. The molecule has 18 heavy (non-hydrogen) atoms. The SMILES string of the molecule is CC(=O)N1CCCN(CC(C)CNC2CC2)CC1. The molecule has 0 aromatic heterocycles. The molecule has 4 heteroatoms. The number of nitrogens with one attached hydrogen (secondary N) is 1. The smallest absolute Gasteiger partial charge is 0.219 e. The largest absolute Gasteiger partial charge is 0.342 e. The highest BCUT2D eigenvalue weighted by molar-refractivity contribution is 5.73. The van der Waals surface area contributed by atoms with E-state index in [2.05, 4.69) is 17.1 Å². The first-order valence-corrected chi connectivity index (χ1v) is 7.36. The summed E-state index contributed by atoms with van der Waals surface area (Å²) in [5.41, 5.74) is 0. The molecule has 1 N–H and O–H groups in total. The van der Waals surface area contributed by atoms with E-state index in [1.807, 2.05) is 4.90 Å². The van der Waals surface area contributed by atoms with E-state index in [-0.39, 0.29) is 5.91 Å². The molecule has 104 valence electrons. The Balaban J connectivity index is 1.66. The van der Waals surface area contributed by atoms with Crippen LogP contribution in [0.3, 0.4) is 0 Å². The first-order chi connectivity index (χ1) is 8.65. The van der Waals surface area contributed by atoms with Crippen molar-refractivity contribution in [3.63, 3.8) is 0 Å². The van der Waals surface area contributed by atoms with E-state index in [1.54, 1.807) is 6.92 Å². The Bertz CT molecular complexity index is 278. The summed E-state index contributed by atoms with van der Waals surface area (Å²) in [6.07, 6.45) is 3.84. The van der Waals surface area contributed by atoms with Crippen LogP contribution in [0.25, 0.3) is 0 Å². The van der Waals surface area contributed by atoms with Gasteiger partial charge in [0.2, 0.25) is 5.91 Å². The minimum absolute atomic E-state index is 0.222. The van der Waals surface area contributed by atoms with E-state index in [9.17, 15) is 4.79 Å². The third kappa shape index (κ3) is 4.58. The van der Waals surface area contributed by atoms with Crippen LogP contribution in [0.5, 0.6) is 0 Å². The summed E-state index contributed by atoms with van der Waals surface area (Å²) in [5, 5.41) is 3.60. The molecule has 4 nitrogen and oxygen atoms in total. The zero-order valence-electron chi connectivity index (χ0n) is 11.8. The molecule has 1 aliphatic carbocycles. The summed E-state index contributed by atoms with van der Waals surface area (Å²) < 4.78 is 0. The van der Waals surface area contributed by atoms with Gasteiger partial charge in [0.15, 0.2) is 0 Å². The van der Waals surface area contributed by atoms with Crippen molar-refractivity contribution >= 4 is 5.91 Å². The summed E-state index contributed by atoms with van der Waals surface area (Å²) in [5.74, 6) is 0.926. The fourth-order valence-electron chi connectivity index (χ4n) is 2.63. The maximum Gasteiger partial charge on any atom is 0.219 e. The molecule has 0 spiro atoms. The lowest BCUT2D eigenvalue weighted by Gasteiger charge is -2.24. The summed E-state index contributed by atoms with van der Waals surface area (Å²) in [6.45, 7) is 10.3. The third-order valence-electron chi connectivity index (χ3n) is 3.94. The zero-order valence-corrected chi connectivity index (χ0v) is 11.8. The van der Waals surface area contributed by atoms with E-state index < -0.39 is 0 Å². The molecule has 2 fully saturated rings. The lowest BCUT2D eigenvalue weighted by atomic mass is 10.1. The van der Waals surface area contributed by atoms with Gasteiger partial charge in [-0.1, -0.05) is 6.92 Å². The second kappa shape index (κ2) is 6.53. The average Bonchev–Trinajstić information content (AvgIpc) is 3.13. The maximum absolute atomic E-state index is 11.4. The minimum atomic E-state index is 0.222. The van der Waals surface area contributed by atoms with Crippen LogP contribution in [0.4, 0.5) is 0 Å². The predicted molar refractivity (Wildman–Crippen MR) is 73.5 cm³/mol. The van der Waals surface area contributed by atoms with Gasteiger partial charge >= 0.3 is 0 Å². The fourth-order valence-corrected chi connectivity index (χ4v) is 2.63. The predicted octanol–water partition coefficient (Wildman–Crippen LogP) is 0.929. The van der Waals surface area contributed by atoms with Gasteiger partial charge in [0, 0.05) is 39.1 Å². The summed E-state index contributed by atoms with van der Waals surface area (Å²) in [4.78, 5) is 15.9. The van der Waals surface area contributed by atoms with Crippen molar-refractivity contribution in [1.29, 1.82) is 0 Å². The van der Waals surface area contributed by atoms with E-state index >= 15 is 0 Å². The molecular weight excluding hydrogens is 226 g/mol. The number of nitrogens with zero attached hydrogens (tertiary/aromatic N) is 2. The van der Waals surface area contributed by atoms with Crippen molar-refractivity contribution in [2.24, 2.45) is 5.92 Å².